The minimum Gasteiger partial charge on any atom is -0.325 e. The Kier molecular flexibility index (Phi) is 3.07. The maximum Gasteiger partial charge on any atom is 0.0227 e. The molecule has 0 bridgehead atoms. The zero-order valence-electron chi connectivity index (χ0n) is 10.7. The van der Waals surface area contributed by atoms with Gasteiger partial charge in [-0.05, 0) is 44.6 Å². The quantitative estimate of drug-likeness (QED) is 0.822. The largest absolute Gasteiger partial charge is 0.325 e. The number of hydrogen-bond donors (Lipinski definition) is 1. The molecule has 1 fully saturated rings. The van der Waals surface area contributed by atoms with Crippen LogP contribution < -0.4 is 5.73 Å². The Labute approximate surface area is 99.0 Å². The van der Waals surface area contributed by atoms with E-state index >= 15 is 0 Å². The molecule has 1 heteroatoms. The second-order valence-electron chi connectivity index (χ2n) is 5.60. The fourth-order valence-corrected chi connectivity index (χ4v) is 2.91. The van der Waals surface area contributed by atoms with Crippen molar-refractivity contribution < 1.29 is 0 Å². The number of hydrogen-bond acceptors (Lipinski definition) is 1. The average Bonchev–Trinajstić information content (AvgIpc) is 2.74. The molecule has 2 rings (SSSR count). The second kappa shape index (κ2) is 4.21. The molecule has 1 aliphatic carbocycles. The van der Waals surface area contributed by atoms with E-state index in [4.69, 9.17) is 5.73 Å². The number of aryl methyl sites for hydroxylation is 2. The van der Waals surface area contributed by atoms with E-state index in [1.54, 1.807) is 0 Å². The summed E-state index contributed by atoms with van der Waals surface area (Å²) in [6.07, 6.45) is 4.83. The molecular weight excluding hydrogens is 194 g/mol. The van der Waals surface area contributed by atoms with Gasteiger partial charge >= 0.3 is 0 Å². The van der Waals surface area contributed by atoms with Gasteiger partial charge in [-0.3, -0.25) is 0 Å². The van der Waals surface area contributed by atoms with Gasteiger partial charge in [-0.2, -0.15) is 0 Å². The summed E-state index contributed by atoms with van der Waals surface area (Å²) in [4.78, 5) is 0. The first-order valence-electron chi connectivity index (χ1n) is 6.39. The van der Waals surface area contributed by atoms with E-state index in [0.29, 0.717) is 0 Å². The molecule has 1 aromatic rings. The molecule has 0 aromatic heterocycles. The Hall–Kier alpha value is -0.820. The molecule has 2 atom stereocenters. The molecule has 2 N–H and O–H groups in total. The van der Waals surface area contributed by atoms with Gasteiger partial charge in [0.1, 0.15) is 0 Å². The Morgan fingerprint density at radius 2 is 1.88 bits per heavy atom. The topological polar surface area (TPSA) is 26.0 Å². The highest BCUT2D eigenvalue weighted by molar-refractivity contribution is 5.31. The molecule has 1 saturated carbocycles. The summed E-state index contributed by atoms with van der Waals surface area (Å²) < 4.78 is 0. The van der Waals surface area contributed by atoms with Crippen molar-refractivity contribution in [2.45, 2.75) is 52.0 Å². The van der Waals surface area contributed by atoms with Crippen molar-refractivity contribution in [3.05, 3.63) is 34.9 Å². The van der Waals surface area contributed by atoms with Crippen LogP contribution in [0.25, 0.3) is 0 Å². The lowest BCUT2D eigenvalue weighted by atomic mass is 9.98. The van der Waals surface area contributed by atoms with Gasteiger partial charge in [-0.15, -0.1) is 0 Å². The average molecular weight is 217 g/mol. The minimum absolute atomic E-state index is 0.107. The van der Waals surface area contributed by atoms with E-state index in [0.717, 1.165) is 12.3 Å². The van der Waals surface area contributed by atoms with Gasteiger partial charge in [0.05, 0.1) is 0 Å². The summed E-state index contributed by atoms with van der Waals surface area (Å²) in [5.41, 5.74) is 10.6. The molecule has 2 unspecified atom stereocenters. The predicted molar refractivity (Wildman–Crippen MR) is 69.6 cm³/mol. The first-order chi connectivity index (χ1) is 7.53. The molecule has 1 aliphatic rings. The van der Waals surface area contributed by atoms with Gasteiger partial charge < -0.3 is 5.73 Å². The Bertz CT molecular complexity index is 363. The van der Waals surface area contributed by atoms with Crippen molar-refractivity contribution >= 4 is 0 Å². The fraction of sp³-hybridized carbons (Fsp3) is 0.600. The van der Waals surface area contributed by atoms with Gasteiger partial charge in [0.2, 0.25) is 0 Å². The lowest BCUT2D eigenvalue weighted by Gasteiger charge is -2.12. The Balaban J connectivity index is 2.05. The molecule has 16 heavy (non-hydrogen) atoms. The van der Waals surface area contributed by atoms with E-state index in [-0.39, 0.29) is 5.54 Å². The van der Waals surface area contributed by atoms with E-state index in [2.05, 4.69) is 39.0 Å². The number of rotatable bonds is 4. The van der Waals surface area contributed by atoms with Gasteiger partial charge in [0.25, 0.3) is 0 Å². The molecule has 0 radical (unpaired) electrons. The van der Waals surface area contributed by atoms with Crippen molar-refractivity contribution in [1.82, 2.24) is 0 Å². The molecule has 88 valence electrons. The third kappa shape index (κ3) is 2.46. The van der Waals surface area contributed by atoms with Gasteiger partial charge in [-0.25, -0.2) is 0 Å². The molecular formula is C15H23N. The van der Waals surface area contributed by atoms with E-state index in [1.807, 2.05) is 0 Å². The van der Waals surface area contributed by atoms with Crippen molar-refractivity contribution in [1.29, 1.82) is 0 Å². The van der Waals surface area contributed by atoms with Crippen LogP contribution in [0.15, 0.2) is 18.2 Å². The molecule has 1 nitrogen and oxygen atoms in total. The van der Waals surface area contributed by atoms with E-state index in [1.165, 1.54) is 36.0 Å². The summed E-state index contributed by atoms with van der Waals surface area (Å²) >= 11 is 0. The summed E-state index contributed by atoms with van der Waals surface area (Å²) in [6, 6.07) is 6.79. The van der Waals surface area contributed by atoms with Gasteiger partial charge in [-0.1, -0.05) is 42.7 Å². The SMILES string of the molecule is CCCC1CC1(N)Cc1cc(C)cc(C)c1. The minimum atomic E-state index is 0.107. The van der Waals surface area contributed by atoms with Crippen molar-refractivity contribution in [3.8, 4) is 0 Å². The lowest BCUT2D eigenvalue weighted by Crippen LogP contribution is -2.28. The lowest BCUT2D eigenvalue weighted by molar-refractivity contribution is 0.556. The van der Waals surface area contributed by atoms with E-state index in [9.17, 15) is 0 Å². The molecule has 0 heterocycles. The Morgan fingerprint density at radius 3 is 2.44 bits per heavy atom. The fourth-order valence-electron chi connectivity index (χ4n) is 2.91. The van der Waals surface area contributed by atoms with Crippen LogP contribution in [-0.2, 0) is 6.42 Å². The van der Waals surface area contributed by atoms with Crippen molar-refractivity contribution in [3.63, 3.8) is 0 Å². The molecule has 0 aliphatic heterocycles. The normalized spacial score (nSPS) is 28.1. The number of benzene rings is 1. The standard InChI is InChI=1S/C15H23N/c1-4-5-14-10-15(14,16)9-13-7-11(2)6-12(3)8-13/h6-8,14H,4-5,9-10,16H2,1-3H3. The summed E-state index contributed by atoms with van der Waals surface area (Å²) in [7, 11) is 0. The van der Waals surface area contributed by atoms with Crippen LogP contribution in [0.5, 0.6) is 0 Å². The summed E-state index contributed by atoms with van der Waals surface area (Å²) in [6.45, 7) is 6.57. The maximum atomic E-state index is 6.41. The monoisotopic (exact) mass is 217 g/mol. The van der Waals surface area contributed by atoms with Crippen LogP contribution >= 0.6 is 0 Å². The van der Waals surface area contributed by atoms with Crippen LogP contribution in [0.3, 0.4) is 0 Å². The van der Waals surface area contributed by atoms with Crippen molar-refractivity contribution in [2.75, 3.05) is 0 Å². The third-order valence-corrected chi connectivity index (χ3v) is 3.73. The first-order valence-corrected chi connectivity index (χ1v) is 6.39. The summed E-state index contributed by atoms with van der Waals surface area (Å²) in [5.74, 6) is 0.762. The summed E-state index contributed by atoms with van der Waals surface area (Å²) in [5, 5.41) is 0. The first kappa shape index (κ1) is 11.7. The van der Waals surface area contributed by atoms with Gasteiger partial charge in [0, 0.05) is 5.54 Å². The number of nitrogens with two attached hydrogens (primary N) is 1. The molecule has 0 amide bonds. The van der Waals surface area contributed by atoms with Gasteiger partial charge in [0.15, 0.2) is 0 Å². The molecule has 0 spiro atoms. The van der Waals surface area contributed by atoms with Crippen LogP contribution in [0.4, 0.5) is 0 Å². The second-order valence-corrected chi connectivity index (χ2v) is 5.60. The predicted octanol–water partition coefficient (Wildman–Crippen LogP) is 3.36. The molecule has 0 saturated heterocycles. The third-order valence-electron chi connectivity index (χ3n) is 3.73. The van der Waals surface area contributed by atoms with Crippen LogP contribution in [0.1, 0.15) is 42.9 Å². The van der Waals surface area contributed by atoms with Crippen molar-refractivity contribution in [2.24, 2.45) is 11.7 Å². The van der Waals surface area contributed by atoms with Crippen LogP contribution in [-0.4, -0.2) is 5.54 Å². The van der Waals surface area contributed by atoms with E-state index < -0.39 is 0 Å². The molecule has 1 aromatic carbocycles. The zero-order chi connectivity index (χ0) is 11.8. The maximum absolute atomic E-state index is 6.41. The zero-order valence-corrected chi connectivity index (χ0v) is 10.7. The van der Waals surface area contributed by atoms with Crippen LogP contribution in [0, 0.1) is 19.8 Å². The Morgan fingerprint density at radius 1 is 1.25 bits per heavy atom. The highest BCUT2D eigenvalue weighted by atomic mass is 14.9. The van der Waals surface area contributed by atoms with Crippen LogP contribution in [0.2, 0.25) is 0 Å². The highest BCUT2D eigenvalue weighted by Gasteiger charge is 2.49. The highest BCUT2D eigenvalue weighted by Crippen LogP contribution is 2.46. The smallest absolute Gasteiger partial charge is 0.0227 e.